The Hall–Kier alpha value is -1.84. The molecule has 1 aromatic rings. The maximum absolute atomic E-state index is 11.6. The van der Waals surface area contributed by atoms with Crippen molar-refractivity contribution in [1.82, 2.24) is 5.32 Å². The number of nitrogens with one attached hydrogen (secondary N) is 1. The topological polar surface area (TPSA) is 55.4 Å². The molecule has 86 valence electrons. The minimum atomic E-state index is -0.449. The van der Waals surface area contributed by atoms with Gasteiger partial charge in [-0.05, 0) is 5.56 Å². The molecular weight excluding hydrogens is 206 g/mol. The fourth-order valence-electron chi connectivity index (χ4n) is 1.41. The lowest BCUT2D eigenvalue weighted by Crippen LogP contribution is -2.30. The molecule has 1 unspecified atom stereocenters. The summed E-state index contributed by atoms with van der Waals surface area (Å²) in [6.07, 6.45) is 0. The molecule has 1 N–H and O–H groups in total. The van der Waals surface area contributed by atoms with Crippen molar-refractivity contribution in [3.8, 4) is 0 Å². The number of hydrogen-bond donors (Lipinski definition) is 1. The summed E-state index contributed by atoms with van der Waals surface area (Å²) in [5.74, 6) is -0.958. The quantitative estimate of drug-likeness (QED) is 0.774. The van der Waals surface area contributed by atoms with Crippen LogP contribution in [0.5, 0.6) is 0 Å². The van der Waals surface area contributed by atoms with Crippen LogP contribution in [0.25, 0.3) is 0 Å². The van der Waals surface area contributed by atoms with Crippen LogP contribution in [0.1, 0.15) is 18.4 Å². The lowest BCUT2D eigenvalue weighted by atomic mass is 9.99. The molecule has 0 aromatic heterocycles. The van der Waals surface area contributed by atoms with Crippen LogP contribution >= 0.6 is 0 Å². The van der Waals surface area contributed by atoms with Gasteiger partial charge in [0.25, 0.3) is 0 Å². The number of carbonyl (C=O) groups is 2. The van der Waals surface area contributed by atoms with Gasteiger partial charge >= 0.3 is 5.97 Å². The summed E-state index contributed by atoms with van der Waals surface area (Å²) in [6, 6.07) is 9.24. The Bertz CT molecular complexity index is 362. The van der Waals surface area contributed by atoms with E-state index in [1.54, 1.807) is 0 Å². The van der Waals surface area contributed by atoms with Gasteiger partial charge < -0.3 is 10.1 Å². The normalized spacial score (nSPS) is 11.6. The van der Waals surface area contributed by atoms with Gasteiger partial charge in [-0.25, -0.2) is 0 Å². The lowest BCUT2D eigenvalue weighted by Gasteiger charge is -2.15. The number of hydrogen-bond acceptors (Lipinski definition) is 3. The summed E-state index contributed by atoms with van der Waals surface area (Å²) in [4.78, 5) is 22.4. The molecule has 1 rings (SSSR count). The second-order valence-corrected chi connectivity index (χ2v) is 3.42. The predicted molar refractivity (Wildman–Crippen MR) is 59.9 cm³/mol. The summed E-state index contributed by atoms with van der Waals surface area (Å²) in [5.41, 5.74) is 0.836. The smallest absolute Gasteiger partial charge is 0.314 e. The van der Waals surface area contributed by atoms with Gasteiger partial charge in [-0.15, -0.1) is 0 Å². The molecule has 0 saturated heterocycles. The molecule has 0 heterocycles. The Kier molecular flexibility index (Phi) is 4.51. The third-order valence-corrected chi connectivity index (χ3v) is 2.24. The first-order valence-corrected chi connectivity index (χ1v) is 5.02. The zero-order chi connectivity index (χ0) is 12.0. The highest BCUT2D eigenvalue weighted by Gasteiger charge is 2.21. The van der Waals surface area contributed by atoms with Gasteiger partial charge in [0.2, 0.25) is 5.91 Å². The standard InChI is InChI=1S/C12H15NO3/c1-9(14)13-8-11(12(15)16-2)10-6-4-3-5-7-10/h3-7,11H,8H2,1-2H3,(H,13,14). The van der Waals surface area contributed by atoms with Crippen LogP contribution in [-0.4, -0.2) is 25.5 Å². The third-order valence-electron chi connectivity index (χ3n) is 2.24. The first-order chi connectivity index (χ1) is 7.65. The maximum atomic E-state index is 11.6. The Morgan fingerprint density at radius 2 is 1.94 bits per heavy atom. The molecule has 0 bridgehead atoms. The maximum Gasteiger partial charge on any atom is 0.314 e. The van der Waals surface area contributed by atoms with Crippen molar-refractivity contribution in [2.45, 2.75) is 12.8 Å². The van der Waals surface area contributed by atoms with Crippen LogP contribution in [0.2, 0.25) is 0 Å². The summed E-state index contributed by atoms with van der Waals surface area (Å²) in [7, 11) is 1.34. The van der Waals surface area contributed by atoms with Crippen molar-refractivity contribution in [3.05, 3.63) is 35.9 Å². The van der Waals surface area contributed by atoms with Crippen molar-refractivity contribution in [3.63, 3.8) is 0 Å². The highest BCUT2D eigenvalue weighted by molar-refractivity contribution is 5.80. The summed E-state index contributed by atoms with van der Waals surface area (Å²) in [6.45, 7) is 1.67. The second kappa shape index (κ2) is 5.90. The SMILES string of the molecule is COC(=O)C(CNC(C)=O)c1ccccc1. The van der Waals surface area contributed by atoms with Gasteiger partial charge in [0.1, 0.15) is 0 Å². The van der Waals surface area contributed by atoms with E-state index < -0.39 is 5.92 Å². The van der Waals surface area contributed by atoms with E-state index in [4.69, 9.17) is 4.74 Å². The van der Waals surface area contributed by atoms with Gasteiger partial charge in [-0.3, -0.25) is 9.59 Å². The van der Waals surface area contributed by atoms with Gasteiger partial charge in [-0.2, -0.15) is 0 Å². The molecule has 1 aromatic carbocycles. The molecule has 0 radical (unpaired) electrons. The van der Waals surface area contributed by atoms with E-state index in [9.17, 15) is 9.59 Å². The molecule has 0 aliphatic carbocycles. The highest BCUT2D eigenvalue weighted by Crippen LogP contribution is 2.15. The van der Waals surface area contributed by atoms with Gasteiger partial charge in [0.05, 0.1) is 13.0 Å². The number of benzene rings is 1. The van der Waals surface area contributed by atoms with E-state index in [1.807, 2.05) is 30.3 Å². The number of esters is 1. The molecule has 16 heavy (non-hydrogen) atoms. The molecule has 4 heteroatoms. The molecule has 0 spiro atoms. The van der Waals surface area contributed by atoms with Crippen molar-refractivity contribution >= 4 is 11.9 Å². The zero-order valence-electron chi connectivity index (χ0n) is 9.40. The number of rotatable bonds is 4. The van der Waals surface area contributed by atoms with Crippen molar-refractivity contribution < 1.29 is 14.3 Å². The average Bonchev–Trinajstić information content (AvgIpc) is 2.30. The Morgan fingerprint density at radius 3 is 2.44 bits per heavy atom. The molecule has 1 atom stereocenters. The number of amides is 1. The molecule has 0 fully saturated rings. The van der Waals surface area contributed by atoms with E-state index in [0.717, 1.165) is 5.56 Å². The van der Waals surface area contributed by atoms with Crippen molar-refractivity contribution in [2.24, 2.45) is 0 Å². The molecule has 0 aliphatic heterocycles. The van der Waals surface area contributed by atoms with Crippen LogP contribution < -0.4 is 5.32 Å². The average molecular weight is 221 g/mol. The van der Waals surface area contributed by atoms with Gasteiger partial charge in [0.15, 0.2) is 0 Å². The van der Waals surface area contributed by atoms with Crippen LogP contribution in [0.4, 0.5) is 0 Å². The minimum absolute atomic E-state index is 0.162. The summed E-state index contributed by atoms with van der Waals surface area (Å²) < 4.78 is 4.71. The third kappa shape index (κ3) is 3.38. The van der Waals surface area contributed by atoms with E-state index in [1.165, 1.54) is 14.0 Å². The molecule has 1 amide bonds. The number of ether oxygens (including phenoxy) is 1. The number of methoxy groups -OCH3 is 1. The predicted octanol–water partition coefficient (Wildman–Crippen LogP) is 1.08. The van der Waals surface area contributed by atoms with Crippen LogP contribution in [0.15, 0.2) is 30.3 Å². The Balaban J connectivity index is 2.79. The molecule has 4 nitrogen and oxygen atoms in total. The first kappa shape index (κ1) is 12.2. The van der Waals surface area contributed by atoms with Crippen molar-refractivity contribution in [1.29, 1.82) is 0 Å². The van der Waals surface area contributed by atoms with E-state index in [2.05, 4.69) is 5.32 Å². The monoisotopic (exact) mass is 221 g/mol. The fraction of sp³-hybridized carbons (Fsp3) is 0.333. The van der Waals surface area contributed by atoms with E-state index in [-0.39, 0.29) is 18.4 Å². The van der Waals surface area contributed by atoms with Gasteiger partial charge in [-0.1, -0.05) is 30.3 Å². The van der Waals surface area contributed by atoms with Crippen LogP contribution in [0, 0.1) is 0 Å². The van der Waals surface area contributed by atoms with Crippen LogP contribution in [0.3, 0.4) is 0 Å². The van der Waals surface area contributed by atoms with Crippen LogP contribution in [-0.2, 0) is 14.3 Å². The summed E-state index contributed by atoms with van der Waals surface area (Å²) >= 11 is 0. The second-order valence-electron chi connectivity index (χ2n) is 3.42. The Morgan fingerprint density at radius 1 is 1.31 bits per heavy atom. The molecule has 0 aliphatic rings. The highest BCUT2D eigenvalue weighted by atomic mass is 16.5. The largest absolute Gasteiger partial charge is 0.468 e. The van der Waals surface area contributed by atoms with E-state index in [0.29, 0.717) is 0 Å². The minimum Gasteiger partial charge on any atom is -0.468 e. The van der Waals surface area contributed by atoms with Crippen molar-refractivity contribution in [2.75, 3.05) is 13.7 Å². The number of carbonyl (C=O) groups excluding carboxylic acids is 2. The molecular formula is C12H15NO3. The van der Waals surface area contributed by atoms with Gasteiger partial charge in [0, 0.05) is 13.5 Å². The van der Waals surface area contributed by atoms with E-state index >= 15 is 0 Å². The Labute approximate surface area is 94.6 Å². The zero-order valence-corrected chi connectivity index (χ0v) is 9.40. The molecule has 0 saturated carbocycles. The lowest BCUT2D eigenvalue weighted by molar-refractivity contribution is -0.142. The first-order valence-electron chi connectivity index (χ1n) is 5.02. The fourth-order valence-corrected chi connectivity index (χ4v) is 1.41. The summed E-state index contributed by atoms with van der Waals surface area (Å²) in [5, 5.41) is 2.62.